The van der Waals surface area contributed by atoms with Crippen molar-refractivity contribution in [1.29, 1.82) is 0 Å². The number of hydrogen-bond acceptors (Lipinski definition) is 4. The maximum Gasteiger partial charge on any atom is 0.586 e. The lowest BCUT2D eigenvalue weighted by atomic mass is 10.2. The Kier molecular flexibility index (Phi) is 6.55. The number of aryl methyl sites for hydroxylation is 2. The molecule has 1 aliphatic heterocycles. The second kappa shape index (κ2) is 9.52. The molecular formula is C28H22F2IO4P. The summed E-state index contributed by atoms with van der Waals surface area (Å²) in [6, 6.07) is 25.2. The minimum atomic E-state index is -3.87. The zero-order valence-electron chi connectivity index (χ0n) is 19.5. The maximum absolute atomic E-state index is 15.2. The molecule has 0 fully saturated rings. The van der Waals surface area contributed by atoms with Crippen LogP contribution in [0.5, 0.6) is 23.0 Å². The van der Waals surface area contributed by atoms with Gasteiger partial charge in [0.1, 0.15) is 5.75 Å². The molecule has 36 heavy (non-hydrogen) atoms. The van der Waals surface area contributed by atoms with E-state index in [1.54, 1.807) is 30.3 Å². The lowest BCUT2D eigenvalue weighted by molar-refractivity contribution is -0.287. The number of rotatable bonds is 6. The van der Waals surface area contributed by atoms with E-state index in [1.165, 1.54) is 0 Å². The van der Waals surface area contributed by atoms with E-state index in [0.717, 1.165) is 11.1 Å². The quantitative estimate of drug-likeness (QED) is 0.133. The van der Waals surface area contributed by atoms with Crippen LogP contribution in [0.1, 0.15) is 16.7 Å². The van der Waals surface area contributed by atoms with Crippen molar-refractivity contribution in [2.24, 2.45) is 0 Å². The summed E-state index contributed by atoms with van der Waals surface area (Å²) in [4.78, 5) is 0. The Bertz CT molecular complexity index is 1410. The van der Waals surface area contributed by atoms with Crippen LogP contribution in [-0.4, -0.2) is 6.29 Å². The Morgan fingerprint density at radius 1 is 0.833 bits per heavy atom. The van der Waals surface area contributed by atoms with Crippen molar-refractivity contribution in [2.75, 3.05) is 0 Å². The number of fused-ring (bicyclic) bond motifs is 1. The smallest absolute Gasteiger partial charge is 0.453 e. The summed E-state index contributed by atoms with van der Waals surface area (Å²) in [5.41, 5.74) is 2.41. The van der Waals surface area contributed by atoms with Crippen LogP contribution in [0.2, 0.25) is 0 Å². The van der Waals surface area contributed by atoms with E-state index < -0.39 is 13.4 Å². The molecular weight excluding hydrogens is 596 g/mol. The molecule has 1 heterocycles. The predicted octanol–water partition coefficient (Wildman–Crippen LogP) is 6.99. The van der Waals surface area contributed by atoms with Gasteiger partial charge in [0, 0.05) is 25.9 Å². The van der Waals surface area contributed by atoms with E-state index in [1.807, 2.05) is 68.4 Å². The van der Waals surface area contributed by atoms with Crippen molar-refractivity contribution in [2.45, 2.75) is 24.6 Å². The molecule has 184 valence electrons. The number of ether oxygens (including phenoxy) is 3. The average molecular weight is 618 g/mol. The van der Waals surface area contributed by atoms with Crippen molar-refractivity contribution in [3.05, 3.63) is 102 Å². The van der Waals surface area contributed by atoms with Crippen molar-refractivity contribution in [1.82, 2.24) is 0 Å². The second-order valence-electron chi connectivity index (χ2n) is 8.53. The van der Waals surface area contributed by atoms with Crippen LogP contribution in [0.4, 0.5) is 8.78 Å². The van der Waals surface area contributed by atoms with Crippen LogP contribution >= 0.6 is 29.7 Å². The number of benzene rings is 4. The molecule has 0 N–H and O–H groups in total. The molecule has 4 aromatic carbocycles. The first-order valence-electron chi connectivity index (χ1n) is 11.2. The van der Waals surface area contributed by atoms with Gasteiger partial charge < -0.3 is 18.8 Å². The molecule has 0 bridgehead atoms. The molecule has 0 saturated carbocycles. The third-order valence-corrected chi connectivity index (χ3v) is 9.85. The van der Waals surface area contributed by atoms with Crippen LogP contribution < -0.4 is 30.1 Å². The van der Waals surface area contributed by atoms with Crippen LogP contribution in [0.15, 0.2) is 84.9 Å². The summed E-state index contributed by atoms with van der Waals surface area (Å²) in [5.74, 6) is 0.0690. The zero-order chi connectivity index (χ0) is 25.5. The van der Waals surface area contributed by atoms with E-state index in [-0.39, 0.29) is 21.7 Å². The zero-order valence-corrected chi connectivity index (χ0v) is 22.6. The lowest BCUT2D eigenvalue weighted by Gasteiger charge is -2.24. The SMILES string of the molecule is Cc1ccc(P(=O)(c2ccc(C)cc2)c2cc(Oc3ccccc3)c3c(c2CI)OC(F)(F)O3)cc1. The Morgan fingerprint density at radius 3 is 1.89 bits per heavy atom. The standard InChI is InChI=1S/C28H22F2IO4P/c1-18-8-12-21(13-9-18)36(32,22-14-10-19(2)11-15-22)25-16-24(33-20-6-4-3-5-7-20)27-26(23(25)17-31)34-28(29,30)35-27/h3-16H,17H2,1-2H3. The molecule has 0 amide bonds. The van der Waals surface area contributed by atoms with E-state index in [9.17, 15) is 8.78 Å². The summed E-state index contributed by atoms with van der Waals surface area (Å²) >= 11 is 2.07. The molecule has 0 unspecified atom stereocenters. The molecule has 0 aromatic heterocycles. The van der Waals surface area contributed by atoms with Gasteiger partial charge in [0.2, 0.25) is 5.75 Å². The third kappa shape index (κ3) is 4.50. The molecule has 8 heteroatoms. The van der Waals surface area contributed by atoms with E-state index in [2.05, 4.69) is 22.6 Å². The molecule has 4 nitrogen and oxygen atoms in total. The summed E-state index contributed by atoms with van der Waals surface area (Å²) in [6.45, 7) is 3.90. The molecule has 0 spiro atoms. The van der Waals surface area contributed by atoms with E-state index in [4.69, 9.17) is 14.2 Å². The first kappa shape index (κ1) is 24.8. The maximum atomic E-state index is 15.2. The van der Waals surface area contributed by atoms with Gasteiger partial charge in [-0.15, -0.1) is 8.78 Å². The van der Waals surface area contributed by atoms with Gasteiger partial charge in [-0.3, -0.25) is 0 Å². The number of alkyl halides is 3. The van der Waals surface area contributed by atoms with Crippen LogP contribution in [-0.2, 0) is 8.99 Å². The second-order valence-corrected chi connectivity index (χ2v) is 12.0. The highest BCUT2D eigenvalue weighted by Crippen LogP contribution is 2.55. The Morgan fingerprint density at radius 2 is 1.36 bits per heavy atom. The molecule has 0 atom stereocenters. The number of para-hydroxylation sites is 1. The van der Waals surface area contributed by atoms with Crippen LogP contribution in [0.3, 0.4) is 0 Å². The molecule has 5 rings (SSSR count). The van der Waals surface area contributed by atoms with Gasteiger partial charge in [-0.2, -0.15) is 0 Å². The summed E-state index contributed by atoms with van der Waals surface area (Å²) < 4.78 is 60.1. The van der Waals surface area contributed by atoms with Gasteiger partial charge in [-0.05, 0) is 32.0 Å². The first-order valence-corrected chi connectivity index (χ1v) is 14.4. The fourth-order valence-electron chi connectivity index (χ4n) is 4.14. The van der Waals surface area contributed by atoms with Crippen molar-refractivity contribution >= 4 is 45.6 Å². The van der Waals surface area contributed by atoms with Gasteiger partial charge in [0.05, 0.1) is 0 Å². The fourth-order valence-corrected chi connectivity index (χ4v) is 8.05. The highest BCUT2D eigenvalue weighted by molar-refractivity contribution is 14.1. The van der Waals surface area contributed by atoms with E-state index >= 15 is 4.57 Å². The topological polar surface area (TPSA) is 44.8 Å². The first-order chi connectivity index (χ1) is 17.2. The van der Waals surface area contributed by atoms with Gasteiger partial charge in [0.15, 0.2) is 18.6 Å². The lowest BCUT2D eigenvalue weighted by Crippen LogP contribution is -2.28. The molecule has 1 aliphatic rings. The average Bonchev–Trinajstić information content (AvgIpc) is 3.20. The van der Waals surface area contributed by atoms with Crippen molar-refractivity contribution in [3.8, 4) is 23.0 Å². The summed E-state index contributed by atoms with van der Waals surface area (Å²) in [5, 5.41) is 1.54. The molecule has 0 radical (unpaired) electrons. The van der Waals surface area contributed by atoms with Crippen molar-refractivity contribution in [3.63, 3.8) is 0 Å². The summed E-state index contributed by atoms with van der Waals surface area (Å²) in [6.07, 6.45) is -3.87. The van der Waals surface area contributed by atoms with E-state index in [0.29, 0.717) is 27.2 Å². The predicted molar refractivity (Wildman–Crippen MR) is 146 cm³/mol. The van der Waals surface area contributed by atoms with Gasteiger partial charge in [-0.25, -0.2) is 0 Å². The minimum Gasteiger partial charge on any atom is -0.453 e. The number of hydrogen-bond donors (Lipinski definition) is 0. The van der Waals surface area contributed by atoms with Crippen molar-refractivity contribution < 1.29 is 27.6 Å². The molecule has 4 aromatic rings. The monoisotopic (exact) mass is 618 g/mol. The highest BCUT2D eigenvalue weighted by Gasteiger charge is 2.48. The number of halogens is 3. The fraction of sp³-hybridized carbons (Fsp3) is 0.143. The molecule has 0 aliphatic carbocycles. The minimum absolute atomic E-state index is 0.0106. The molecule has 0 saturated heterocycles. The van der Waals surface area contributed by atoms with Gasteiger partial charge in [-0.1, -0.05) is 100 Å². The Hall–Kier alpha value is -2.90. The van der Waals surface area contributed by atoms with Gasteiger partial charge in [0.25, 0.3) is 0 Å². The normalized spacial score (nSPS) is 14.0. The highest BCUT2D eigenvalue weighted by atomic mass is 127. The van der Waals surface area contributed by atoms with Crippen LogP contribution in [0.25, 0.3) is 0 Å². The summed E-state index contributed by atoms with van der Waals surface area (Å²) in [7, 11) is -3.54. The third-order valence-electron chi connectivity index (χ3n) is 5.96. The Labute approximate surface area is 221 Å². The van der Waals surface area contributed by atoms with Gasteiger partial charge >= 0.3 is 6.29 Å². The largest absolute Gasteiger partial charge is 0.586 e. The van der Waals surface area contributed by atoms with Crippen LogP contribution in [0, 0.1) is 13.8 Å². The Balaban J connectivity index is 1.81.